The lowest BCUT2D eigenvalue weighted by Crippen LogP contribution is -2.22. The molecule has 0 saturated carbocycles. The van der Waals surface area contributed by atoms with E-state index < -0.39 is 11.9 Å². The zero-order valence-corrected chi connectivity index (χ0v) is 19.8. The average molecular weight is 491 g/mol. The molecule has 0 aliphatic heterocycles. The Labute approximate surface area is 198 Å². The van der Waals surface area contributed by atoms with Crippen molar-refractivity contribution < 1.29 is 28.2 Å². The number of benzene rings is 2. The summed E-state index contributed by atoms with van der Waals surface area (Å²) in [7, 11) is 1.29. The predicted molar refractivity (Wildman–Crippen MR) is 125 cm³/mol. The van der Waals surface area contributed by atoms with Crippen molar-refractivity contribution in [3.63, 3.8) is 0 Å². The Morgan fingerprint density at radius 3 is 2.61 bits per heavy atom. The Balaban J connectivity index is 1.77. The molecule has 7 nitrogen and oxygen atoms in total. The molecule has 0 spiro atoms. The Bertz CT molecular complexity index is 1220. The van der Waals surface area contributed by atoms with Gasteiger partial charge in [-0.3, -0.25) is 9.59 Å². The van der Waals surface area contributed by atoms with E-state index in [4.69, 9.17) is 9.47 Å². The van der Waals surface area contributed by atoms with Crippen LogP contribution in [0.5, 0.6) is 0 Å². The van der Waals surface area contributed by atoms with Crippen LogP contribution in [0.1, 0.15) is 30.1 Å². The Hall–Kier alpha value is -2.98. The second-order valence-electron chi connectivity index (χ2n) is 6.86. The monoisotopic (exact) mass is 490 g/mol. The van der Waals surface area contributed by atoms with Crippen molar-refractivity contribution >= 4 is 51.2 Å². The third-order valence-electron chi connectivity index (χ3n) is 4.55. The molecule has 0 atom stereocenters. The van der Waals surface area contributed by atoms with Gasteiger partial charge >= 0.3 is 11.9 Å². The van der Waals surface area contributed by atoms with Crippen molar-refractivity contribution in [1.29, 1.82) is 0 Å². The van der Waals surface area contributed by atoms with Crippen molar-refractivity contribution in [3.05, 3.63) is 58.6 Å². The number of esters is 2. The normalized spacial score (nSPS) is 11.5. The molecule has 1 amide bonds. The number of amides is 1. The van der Waals surface area contributed by atoms with Crippen LogP contribution in [0.15, 0.2) is 52.4 Å². The number of nitrogens with zero attached hydrogens (tertiary/aromatic N) is 2. The smallest absolute Gasteiger partial charge is 0.338 e. The fraction of sp³-hybridized carbons (Fsp3) is 0.304. The highest BCUT2D eigenvalue weighted by Crippen LogP contribution is 2.21. The first-order valence-electron chi connectivity index (χ1n) is 10.2. The summed E-state index contributed by atoms with van der Waals surface area (Å²) in [5.41, 5.74) is 1.04. The van der Waals surface area contributed by atoms with Gasteiger partial charge in [-0.1, -0.05) is 11.3 Å². The van der Waals surface area contributed by atoms with Gasteiger partial charge in [0.2, 0.25) is 5.91 Å². The van der Waals surface area contributed by atoms with Crippen LogP contribution in [0, 0.1) is 5.82 Å². The number of aromatic nitrogens is 1. The van der Waals surface area contributed by atoms with Crippen LogP contribution in [0.25, 0.3) is 10.2 Å². The highest BCUT2D eigenvalue weighted by atomic mass is 32.2. The first-order valence-corrected chi connectivity index (χ1v) is 12.0. The highest BCUT2D eigenvalue weighted by Gasteiger charge is 2.15. The van der Waals surface area contributed by atoms with E-state index in [0.29, 0.717) is 32.8 Å². The molecule has 10 heteroatoms. The third kappa shape index (κ3) is 6.75. The number of hydrogen-bond acceptors (Lipinski definition) is 7. The second kappa shape index (κ2) is 11.8. The molecule has 2 aromatic carbocycles. The maximum atomic E-state index is 13.0. The van der Waals surface area contributed by atoms with E-state index in [1.807, 2.05) is 0 Å². The summed E-state index contributed by atoms with van der Waals surface area (Å²) >= 11 is 2.75. The van der Waals surface area contributed by atoms with Crippen LogP contribution in [-0.2, 0) is 25.6 Å². The molecule has 0 fully saturated rings. The number of thioether (sulfide) groups is 1. The summed E-state index contributed by atoms with van der Waals surface area (Å²) in [6.07, 6.45) is 0.827. The number of fused-ring (bicyclic) bond motifs is 1. The highest BCUT2D eigenvalue weighted by molar-refractivity contribution is 7.99. The molecule has 0 aliphatic carbocycles. The number of thiazole rings is 1. The van der Waals surface area contributed by atoms with Crippen molar-refractivity contribution in [2.24, 2.45) is 4.99 Å². The SMILES string of the molecule is CCOC(=O)c1ccc2c(c1)sc(=NC(=O)CCCSc1ccc(F)cc1)n2CC(=O)OC. The summed E-state index contributed by atoms with van der Waals surface area (Å²) in [6.45, 7) is 1.88. The molecule has 1 aromatic heterocycles. The number of rotatable bonds is 9. The van der Waals surface area contributed by atoms with Gasteiger partial charge in [-0.2, -0.15) is 4.99 Å². The van der Waals surface area contributed by atoms with Gasteiger partial charge in [0.05, 0.1) is 29.5 Å². The largest absolute Gasteiger partial charge is 0.468 e. The summed E-state index contributed by atoms with van der Waals surface area (Å²) < 4.78 is 25.1. The van der Waals surface area contributed by atoms with Gasteiger partial charge in [0, 0.05) is 11.3 Å². The molecule has 0 bridgehead atoms. The molecule has 0 saturated heterocycles. The summed E-state index contributed by atoms with van der Waals surface area (Å²) in [5.74, 6) is -0.837. The quantitative estimate of drug-likeness (QED) is 0.254. The zero-order valence-electron chi connectivity index (χ0n) is 18.2. The first kappa shape index (κ1) is 24.7. The van der Waals surface area contributed by atoms with E-state index in [1.165, 1.54) is 42.3 Å². The Kier molecular flexibility index (Phi) is 8.79. The lowest BCUT2D eigenvalue weighted by atomic mass is 10.2. The lowest BCUT2D eigenvalue weighted by Gasteiger charge is -2.05. The molecule has 3 rings (SSSR count). The maximum Gasteiger partial charge on any atom is 0.338 e. The van der Waals surface area contributed by atoms with Crippen LogP contribution in [0.2, 0.25) is 0 Å². The van der Waals surface area contributed by atoms with Gasteiger partial charge in [-0.15, -0.1) is 11.8 Å². The van der Waals surface area contributed by atoms with Crippen molar-refractivity contribution in [2.75, 3.05) is 19.5 Å². The van der Waals surface area contributed by atoms with Crippen molar-refractivity contribution in [2.45, 2.75) is 31.2 Å². The van der Waals surface area contributed by atoms with E-state index in [0.717, 1.165) is 4.90 Å². The molecular formula is C23H23FN2O5S2. The topological polar surface area (TPSA) is 87.0 Å². The van der Waals surface area contributed by atoms with Crippen LogP contribution in [0.4, 0.5) is 4.39 Å². The number of methoxy groups -OCH3 is 1. The van der Waals surface area contributed by atoms with E-state index in [2.05, 4.69) is 4.99 Å². The average Bonchev–Trinajstić information content (AvgIpc) is 3.13. The van der Waals surface area contributed by atoms with E-state index >= 15 is 0 Å². The minimum atomic E-state index is -0.478. The molecule has 0 radical (unpaired) electrons. The van der Waals surface area contributed by atoms with E-state index in [1.54, 1.807) is 41.8 Å². The van der Waals surface area contributed by atoms with Crippen molar-refractivity contribution in [3.8, 4) is 0 Å². The van der Waals surface area contributed by atoms with Gasteiger partial charge in [0.15, 0.2) is 4.80 Å². The zero-order chi connectivity index (χ0) is 23.8. The molecule has 3 aromatic rings. The van der Waals surface area contributed by atoms with Crippen LogP contribution < -0.4 is 4.80 Å². The Morgan fingerprint density at radius 1 is 1.15 bits per heavy atom. The predicted octanol–water partition coefficient (Wildman–Crippen LogP) is 4.19. The fourth-order valence-electron chi connectivity index (χ4n) is 2.95. The van der Waals surface area contributed by atoms with Crippen LogP contribution >= 0.6 is 23.1 Å². The molecule has 0 aliphatic rings. The standard InChI is InChI=1S/C23H23FN2O5S2/c1-3-31-22(29)15-6-11-18-19(13-15)33-23(26(18)14-21(28)30-2)25-20(27)5-4-12-32-17-9-7-16(24)8-10-17/h6-11,13H,3-5,12,14H2,1-2H3. The van der Waals surface area contributed by atoms with E-state index in [9.17, 15) is 18.8 Å². The summed E-state index contributed by atoms with van der Waals surface area (Å²) in [6, 6.07) is 11.2. The minimum absolute atomic E-state index is 0.109. The number of carbonyl (C=O) groups is 3. The van der Waals surface area contributed by atoms with Gasteiger partial charge in [-0.05, 0) is 61.6 Å². The second-order valence-corrected chi connectivity index (χ2v) is 9.04. The summed E-state index contributed by atoms with van der Waals surface area (Å²) in [4.78, 5) is 42.0. The number of halogens is 1. The van der Waals surface area contributed by atoms with E-state index in [-0.39, 0.29) is 31.3 Å². The number of hydrogen-bond donors (Lipinski definition) is 0. The molecule has 0 N–H and O–H groups in total. The fourth-order valence-corrected chi connectivity index (χ4v) is 4.89. The van der Waals surface area contributed by atoms with Crippen LogP contribution in [-0.4, -0.2) is 41.9 Å². The summed E-state index contributed by atoms with van der Waals surface area (Å²) in [5, 5.41) is 0. The van der Waals surface area contributed by atoms with Crippen molar-refractivity contribution in [1.82, 2.24) is 4.57 Å². The van der Waals surface area contributed by atoms with Gasteiger partial charge in [-0.25, -0.2) is 9.18 Å². The molecular weight excluding hydrogens is 467 g/mol. The minimum Gasteiger partial charge on any atom is -0.468 e. The van der Waals surface area contributed by atoms with Gasteiger partial charge in [0.1, 0.15) is 12.4 Å². The Morgan fingerprint density at radius 2 is 1.91 bits per heavy atom. The first-order chi connectivity index (χ1) is 15.9. The van der Waals surface area contributed by atoms with Gasteiger partial charge < -0.3 is 14.0 Å². The van der Waals surface area contributed by atoms with Crippen LogP contribution in [0.3, 0.4) is 0 Å². The number of ether oxygens (including phenoxy) is 2. The third-order valence-corrected chi connectivity index (χ3v) is 6.69. The van der Waals surface area contributed by atoms with Gasteiger partial charge in [0.25, 0.3) is 0 Å². The lowest BCUT2D eigenvalue weighted by molar-refractivity contribution is -0.141. The molecule has 1 heterocycles. The number of carbonyl (C=O) groups excluding carboxylic acids is 3. The molecule has 0 unspecified atom stereocenters. The molecule has 174 valence electrons. The maximum absolute atomic E-state index is 13.0. The molecule has 33 heavy (non-hydrogen) atoms.